The van der Waals surface area contributed by atoms with Crippen LogP contribution in [-0.2, 0) is 0 Å². The summed E-state index contributed by atoms with van der Waals surface area (Å²) in [5, 5.41) is 0. The van der Waals surface area contributed by atoms with Crippen molar-refractivity contribution in [2.75, 3.05) is 0 Å². The minimum absolute atomic E-state index is 0.127. The second-order valence-electron chi connectivity index (χ2n) is 3.83. The van der Waals surface area contributed by atoms with Crippen molar-refractivity contribution in [3.8, 4) is 11.5 Å². The highest BCUT2D eigenvalue weighted by Crippen LogP contribution is 2.39. The van der Waals surface area contributed by atoms with Gasteiger partial charge in [-0.3, -0.25) is 4.99 Å². The van der Waals surface area contributed by atoms with E-state index in [0.29, 0.717) is 5.69 Å². The van der Waals surface area contributed by atoms with Crippen LogP contribution in [0.2, 0.25) is 0 Å². The summed E-state index contributed by atoms with van der Waals surface area (Å²) >= 11 is 0. The number of benzene rings is 2. The third-order valence-corrected chi connectivity index (χ3v) is 2.67. The lowest BCUT2D eigenvalue weighted by molar-refractivity contribution is 0.371. The summed E-state index contributed by atoms with van der Waals surface area (Å²) in [6, 6.07) is 6.23. The molecule has 1 aliphatic rings. The van der Waals surface area contributed by atoms with E-state index < -0.39 is 34.6 Å². The van der Waals surface area contributed by atoms with E-state index in [1.165, 1.54) is 6.07 Å². The van der Waals surface area contributed by atoms with Crippen LogP contribution < -0.4 is 4.74 Å². The van der Waals surface area contributed by atoms with E-state index in [4.69, 9.17) is 4.74 Å². The number of para-hydroxylation sites is 2. The standard InChI is InChI=1S/C13H5F4NO/c14-9-6-5-18-7-3-1-2-4-8(7)19-13(6)12(17)11(16)10(9)15/h1-5H. The summed E-state index contributed by atoms with van der Waals surface area (Å²) in [5.41, 5.74) is -0.258. The van der Waals surface area contributed by atoms with Crippen molar-refractivity contribution in [2.24, 2.45) is 4.99 Å². The highest BCUT2D eigenvalue weighted by molar-refractivity contribution is 5.88. The number of hydrogen-bond donors (Lipinski definition) is 0. The Morgan fingerprint density at radius 2 is 1.53 bits per heavy atom. The highest BCUT2D eigenvalue weighted by atomic mass is 19.2. The maximum Gasteiger partial charge on any atom is 0.205 e. The van der Waals surface area contributed by atoms with Crippen LogP contribution in [0.5, 0.6) is 11.5 Å². The molecule has 19 heavy (non-hydrogen) atoms. The lowest BCUT2D eigenvalue weighted by Gasteiger charge is -2.10. The van der Waals surface area contributed by atoms with Gasteiger partial charge in [-0.25, -0.2) is 13.2 Å². The Bertz CT molecular complexity index is 712. The molecule has 2 aromatic rings. The Labute approximate surface area is 105 Å². The van der Waals surface area contributed by atoms with Crippen molar-refractivity contribution >= 4 is 11.9 Å². The molecule has 1 aliphatic heterocycles. The summed E-state index contributed by atoms with van der Waals surface area (Å²) in [6.07, 6.45) is 0.905. The zero-order valence-electron chi connectivity index (χ0n) is 9.25. The van der Waals surface area contributed by atoms with E-state index in [-0.39, 0.29) is 5.75 Å². The molecule has 3 rings (SSSR count). The van der Waals surface area contributed by atoms with Crippen LogP contribution in [0, 0.1) is 23.3 Å². The van der Waals surface area contributed by atoms with Crippen LogP contribution in [0.3, 0.4) is 0 Å². The third kappa shape index (κ3) is 1.68. The summed E-state index contributed by atoms with van der Waals surface area (Å²) in [5.74, 6) is -7.52. The molecule has 1 heterocycles. The van der Waals surface area contributed by atoms with Crippen LogP contribution in [0.4, 0.5) is 23.2 Å². The molecule has 96 valence electrons. The Morgan fingerprint density at radius 1 is 0.842 bits per heavy atom. The van der Waals surface area contributed by atoms with Crippen LogP contribution in [0.25, 0.3) is 0 Å². The minimum atomic E-state index is -1.91. The molecule has 0 radical (unpaired) electrons. The smallest absolute Gasteiger partial charge is 0.205 e. The predicted molar refractivity (Wildman–Crippen MR) is 60.0 cm³/mol. The quantitative estimate of drug-likeness (QED) is 0.341. The number of halogens is 4. The van der Waals surface area contributed by atoms with Crippen LogP contribution in [0.1, 0.15) is 5.56 Å². The van der Waals surface area contributed by atoms with Crippen molar-refractivity contribution < 1.29 is 22.3 Å². The first-order valence-electron chi connectivity index (χ1n) is 5.26. The minimum Gasteiger partial charge on any atom is -0.451 e. The maximum atomic E-state index is 13.6. The zero-order chi connectivity index (χ0) is 13.6. The molecule has 0 fully saturated rings. The second-order valence-corrected chi connectivity index (χ2v) is 3.83. The molecule has 0 saturated carbocycles. The van der Waals surface area contributed by atoms with E-state index in [1.54, 1.807) is 18.2 Å². The van der Waals surface area contributed by atoms with Crippen molar-refractivity contribution in [3.05, 3.63) is 53.1 Å². The highest BCUT2D eigenvalue weighted by Gasteiger charge is 2.27. The molecule has 0 aromatic heterocycles. The van der Waals surface area contributed by atoms with Gasteiger partial charge in [0.05, 0.1) is 5.56 Å². The maximum absolute atomic E-state index is 13.6. The molecule has 0 saturated heterocycles. The number of aliphatic imine (C=N–C) groups is 1. The summed E-state index contributed by atoms with van der Waals surface area (Å²) in [4.78, 5) is 3.86. The monoisotopic (exact) mass is 267 g/mol. The molecule has 2 aromatic carbocycles. The molecule has 0 aliphatic carbocycles. The fourth-order valence-corrected chi connectivity index (χ4v) is 1.74. The molecule has 6 heteroatoms. The molecule has 0 bridgehead atoms. The van der Waals surface area contributed by atoms with Gasteiger partial charge in [-0.05, 0) is 12.1 Å². The summed E-state index contributed by atoms with van der Waals surface area (Å²) in [7, 11) is 0. The first kappa shape index (κ1) is 11.7. The van der Waals surface area contributed by atoms with Gasteiger partial charge in [0, 0.05) is 6.21 Å². The van der Waals surface area contributed by atoms with E-state index in [1.807, 2.05) is 0 Å². The van der Waals surface area contributed by atoms with Gasteiger partial charge in [0.25, 0.3) is 0 Å². The Morgan fingerprint density at radius 3 is 2.32 bits per heavy atom. The zero-order valence-corrected chi connectivity index (χ0v) is 9.25. The number of fused-ring (bicyclic) bond motifs is 2. The van der Waals surface area contributed by atoms with E-state index in [0.717, 1.165) is 6.21 Å². The fourth-order valence-electron chi connectivity index (χ4n) is 1.74. The topological polar surface area (TPSA) is 21.6 Å². The molecular weight excluding hydrogens is 262 g/mol. The van der Waals surface area contributed by atoms with Crippen molar-refractivity contribution in [1.29, 1.82) is 0 Å². The molecule has 0 amide bonds. The Balaban J connectivity index is 2.31. The number of hydrogen-bond acceptors (Lipinski definition) is 2. The number of ether oxygens (including phenoxy) is 1. The van der Waals surface area contributed by atoms with Crippen LogP contribution >= 0.6 is 0 Å². The van der Waals surface area contributed by atoms with Gasteiger partial charge >= 0.3 is 0 Å². The Kier molecular flexibility index (Phi) is 2.51. The van der Waals surface area contributed by atoms with Gasteiger partial charge in [-0.2, -0.15) is 4.39 Å². The van der Waals surface area contributed by atoms with Crippen molar-refractivity contribution in [3.63, 3.8) is 0 Å². The first-order chi connectivity index (χ1) is 9.09. The molecular formula is C13H5F4NO. The van der Waals surface area contributed by atoms with Crippen LogP contribution in [-0.4, -0.2) is 6.21 Å². The average molecular weight is 267 g/mol. The summed E-state index contributed by atoms with van der Waals surface area (Å²) < 4.78 is 58.6. The molecule has 0 N–H and O–H groups in total. The van der Waals surface area contributed by atoms with Crippen molar-refractivity contribution in [2.45, 2.75) is 0 Å². The van der Waals surface area contributed by atoms with Gasteiger partial charge in [-0.15, -0.1) is 0 Å². The van der Waals surface area contributed by atoms with Gasteiger partial charge in [-0.1, -0.05) is 12.1 Å². The summed E-state index contributed by atoms with van der Waals surface area (Å²) in [6.45, 7) is 0. The predicted octanol–water partition coefficient (Wildman–Crippen LogP) is 4.10. The van der Waals surface area contributed by atoms with Crippen LogP contribution in [0.15, 0.2) is 29.3 Å². The largest absolute Gasteiger partial charge is 0.451 e. The second kappa shape index (κ2) is 4.08. The number of nitrogens with zero attached hydrogens (tertiary/aromatic N) is 1. The third-order valence-electron chi connectivity index (χ3n) is 2.67. The van der Waals surface area contributed by atoms with E-state index in [9.17, 15) is 17.6 Å². The molecule has 0 unspecified atom stereocenters. The van der Waals surface area contributed by atoms with Gasteiger partial charge < -0.3 is 4.74 Å². The van der Waals surface area contributed by atoms with E-state index >= 15 is 0 Å². The number of rotatable bonds is 0. The molecule has 0 atom stereocenters. The SMILES string of the molecule is Fc1c(F)c(F)c2c(c1F)C=Nc1ccccc1O2. The van der Waals surface area contributed by atoms with Gasteiger partial charge in [0.1, 0.15) is 5.69 Å². The lowest BCUT2D eigenvalue weighted by atomic mass is 10.1. The average Bonchev–Trinajstić information content (AvgIpc) is 2.62. The van der Waals surface area contributed by atoms with E-state index in [2.05, 4.69) is 4.99 Å². The normalized spacial score (nSPS) is 12.4. The lowest BCUT2D eigenvalue weighted by Crippen LogP contribution is -2.04. The van der Waals surface area contributed by atoms with Crippen molar-refractivity contribution in [1.82, 2.24) is 0 Å². The van der Waals surface area contributed by atoms with Gasteiger partial charge in [0.15, 0.2) is 23.1 Å². The molecule has 2 nitrogen and oxygen atoms in total. The van der Waals surface area contributed by atoms with Gasteiger partial charge in [0.2, 0.25) is 11.6 Å². The first-order valence-corrected chi connectivity index (χ1v) is 5.26. The molecule has 0 spiro atoms. The fraction of sp³-hybridized carbons (Fsp3) is 0. The Hall–Kier alpha value is -2.37.